The Hall–Kier alpha value is -2.85. The molecule has 0 fully saturated rings. The molecule has 0 saturated heterocycles. The Kier molecular flexibility index (Phi) is 17.1. The average molecular weight is 592 g/mol. The summed E-state index contributed by atoms with van der Waals surface area (Å²) in [5.41, 5.74) is 2.55. The largest absolute Gasteiger partial charge is 4.00 e. The molecule has 208 valence electrons. The third-order valence-electron chi connectivity index (χ3n) is 4.32. The number of ether oxygens (including phenoxy) is 2. The van der Waals surface area contributed by atoms with Gasteiger partial charge in [0.25, 0.3) is 0 Å². The Morgan fingerprint density at radius 2 is 0.872 bits per heavy atom. The van der Waals surface area contributed by atoms with E-state index in [1.807, 2.05) is 0 Å². The van der Waals surface area contributed by atoms with E-state index in [1.165, 1.54) is 37.1 Å². The van der Waals surface area contributed by atoms with Crippen LogP contribution >= 0.6 is 0 Å². The van der Waals surface area contributed by atoms with Crippen LogP contribution in [0.5, 0.6) is 11.5 Å². The molecule has 0 radical (unpaired) electrons. The smallest absolute Gasteiger partial charge is 0.513 e. The van der Waals surface area contributed by atoms with E-state index in [1.54, 1.807) is 0 Å². The van der Waals surface area contributed by atoms with Crippen molar-refractivity contribution >= 4 is 0 Å². The first kappa shape index (κ1) is 36.2. The molecule has 2 aliphatic rings. The second-order valence-electron chi connectivity index (χ2n) is 7.22. The second kappa shape index (κ2) is 18.4. The molecule has 2 nitrogen and oxygen atoms in total. The molecular weight excluding hydrogens is 568 g/mol. The van der Waals surface area contributed by atoms with Crippen molar-refractivity contribution in [2.75, 3.05) is 13.2 Å². The third-order valence-corrected chi connectivity index (χ3v) is 4.32. The van der Waals surface area contributed by atoms with Crippen LogP contribution in [0.15, 0.2) is 35.5 Å². The fraction of sp³-hybridized carbons (Fsp3) is 0.286. The first-order chi connectivity index (χ1) is 17.9. The Balaban J connectivity index is 0.000000518. The molecule has 4 rings (SSSR count). The summed E-state index contributed by atoms with van der Waals surface area (Å²) in [6.45, 7) is 6.82. The first-order valence-corrected chi connectivity index (χ1v) is 11.2. The monoisotopic (exact) mass is 592 g/mol. The van der Waals surface area contributed by atoms with Crippen molar-refractivity contribution in [3.05, 3.63) is 106 Å². The van der Waals surface area contributed by atoms with E-state index < -0.39 is 58.0 Å². The third kappa shape index (κ3) is 11.8. The van der Waals surface area contributed by atoms with Crippen LogP contribution in [0, 0.1) is 70.8 Å². The minimum Gasteiger partial charge on any atom is -0.513 e. The zero-order valence-electron chi connectivity index (χ0n) is 21.5. The summed E-state index contributed by atoms with van der Waals surface area (Å²) in [5, 5.41) is 0. The summed E-state index contributed by atoms with van der Waals surface area (Å²) in [5.74, 6) is -14.7. The van der Waals surface area contributed by atoms with Gasteiger partial charge >= 0.3 is 21.7 Å². The van der Waals surface area contributed by atoms with E-state index in [4.69, 9.17) is 0 Å². The summed E-state index contributed by atoms with van der Waals surface area (Å²) in [6.07, 6.45) is 16.7. The van der Waals surface area contributed by atoms with Gasteiger partial charge in [0.1, 0.15) is 0 Å². The maximum absolute atomic E-state index is 12.7. The zero-order chi connectivity index (χ0) is 28.8. The van der Waals surface area contributed by atoms with Crippen molar-refractivity contribution in [2.24, 2.45) is 0 Å². The van der Waals surface area contributed by atoms with Gasteiger partial charge in [0.15, 0.2) is 0 Å². The molecular formula is C28H24F8O2Ti. The molecule has 0 heterocycles. The van der Waals surface area contributed by atoms with E-state index in [0.29, 0.717) is 0 Å². The van der Waals surface area contributed by atoms with Crippen LogP contribution in [0.1, 0.15) is 40.5 Å². The van der Waals surface area contributed by atoms with E-state index in [0.717, 1.165) is 12.8 Å². The van der Waals surface area contributed by atoms with Gasteiger partial charge in [-0.3, -0.25) is 29.7 Å². The minimum absolute atomic E-state index is 0. The van der Waals surface area contributed by atoms with Crippen molar-refractivity contribution in [1.29, 1.82) is 0 Å². The van der Waals surface area contributed by atoms with Gasteiger partial charge in [0.2, 0.25) is 0 Å². The quantitative estimate of drug-likeness (QED) is 0.154. The number of benzene rings is 2. The van der Waals surface area contributed by atoms with Gasteiger partial charge < -0.3 is 9.47 Å². The number of halogens is 8. The minimum atomic E-state index is -1.60. The number of rotatable bonds is 4. The van der Waals surface area contributed by atoms with Gasteiger partial charge in [0.05, 0.1) is 71.3 Å². The van der Waals surface area contributed by atoms with Crippen LogP contribution in [-0.2, 0) is 21.7 Å². The molecule has 2 aromatic rings. The van der Waals surface area contributed by atoms with Crippen molar-refractivity contribution in [3.8, 4) is 11.5 Å². The fourth-order valence-electron chi connectivity index (χ4n) is 2.57. The standard InChI is InChI=1S/2C8H5F4O.2C6H7.Ti/c2*1-2-13-8-6(11)4(9)3-5(10)7(8)12;2*1-6-4-2-3-5-6;/h2*2H2,1H3;2*2,4H,3H2,1H3;/q4*-1;+4. The van der Waals surface area contributed by atoms with Gasteiger partial charge in [0, 0.05) is 0 Å². The van der Waals surface area contributed by atoms with Crippen molar-refractivity contribution in [1.82, 2.24) is 0 Å². The van der Waals surface area contributed by atoms with Gasteiger partial charge in [-0.1, -0.05) is 13.8 Å². The maximum atomic E-state index is 12.7. The van der Waals surface area contributed by atoms with Gasteiger partial charge in [-0.2, -0.15) is 12.2 Å². The van der Waals surface area contributed by atoms with E-state index >= 15 is 0 Å². The predicted molar refractivity (Wildman–Crippen MR) is 125 cm³/mol. The molecule has 0 N–H and O–H groups in total. The van der Waals surface area contributed by atoms with Gasteiger partial charge in [-0.05, 0) is 13.8 Å². The second-order valence-corrected chi connectivity index (χ2v) is 7.22. The summed E-state index contributed by atoms with van der Waals surface area (Å²) in [7, 11) is 0. The molecule has 0 unspecified atom stereocenters. The average Bonchev–Trinajstić information content (AvgIpc) is 3.56. The van der Waals surface area contributed by atoms with Crippen molar-refractivity contribution in [2.45, 2.75) is 40.5 Å². The van der Waals surface area contributed by atoms with Crippen molar-refractivity contribution in [3.63, 3.8) is 0 Å². The summed E-state index contributed by atoms with van der Waals surface area (Å²) >= 11 is 0. The molecule has 0 atom stereocenters. The van der Waals surface area contributed by atoms with Crippen LogP contribution in [0.4, 0.5) is 35.1 Å². The molecule has 0 aliphatic heterocycles. The SMILES string of the molecule is CC1=[C-]CC=C1.CC1=[C-]CC=C1.CCOc1c(F)c(F)[c-]c(F)c1F.CCOc1c(F)c(F)[c-]c(F)c1F.[Ti+4]. The predicted octanol–water partition coefficient (Wildman–Crippen LogP) is 8.27. The topological polar surface area (TPSA) is 18.5 Å². The summed E-state index contributed by atoms with van der Waals surface area (Å²) in [4.78, 5) is 0. The molecule has 11 heteroatoms. The van der Waals surface area contributed by atoms with Gasteiger partial charge in [-0.25, -0.2) is 40.9 Å². The van der Waals surface area contributed by atoms with Crippen molar-refractivity contribution < 1.29 is 66.3 Å². The van der Waals surface area contributed by atoms with Crippen LogP contribution in [0.3, 0.4) is 0 Å². The Labute approximate surface area is 237 Å². The van der Waals surface area contributed by atoms with Gasteiger partial charge in [-0.15, -0.1) is 25.0 Å². The Morgan fingerprint density at radius 3 is 1.03 bits per heavy atom. The van der Waals surface area contributed by atoms with Crippen LogP contribution in [0.2, 0.25) is 0 Å². The zero-order valence-corrected chi connectivity index (χ0v) is 23.0. The molecule has 0 bridgehead atoms. The molecule has 2 aliphatic carbocycles. The number of hydrogen-bond donors (Lipinski definition) is 0. The first-order valence-electron chi connectivity index (χ1n) is 11.2. The van der Waals surface area contributed by atoms with E-state index in [2.05, 4.69) is 59.8 Å². The summed E-state index contributed by atoms with van der Waals surface area (Å²) < 4.78 is 109. The van der Waals surface area contributed by atoms with Crippen LogP contribution in [0.25, 0.3) is 0 Å². The Bertz CT molecular complexity index is 1060. The molecule has 0 amide bonds. The number of allylic oxidation sites excluding steroid dienone is 8. The molecule has 2 aromatic carbocycles. The molecule has 0 aromatic heterocycles. The number of hydrogen-bond acceptors (Lipinski definition) is 2. The van der Waals surface area contributed by atoms with Crippen LogP contribution < -0.4 is 9.47 Å². The van der Waals surface area contributed by atoms with E-state index in [9.17, 15) is 35.1 Å². The normalized spacial score (nSPS) is 12.5. The molecule has 0 saturated carbocycles. The molecule has 0 spiro atoms. The summed E-state index contributed by atoms with van der Waals surface area (Å²) in [6, 6.07) is 2.48. The fourth-order valence-corrected chi connectivity index (χ4v) is 2.57. The molecule has 39 heavy (non-hydrogen) atoms. The van der Waals surface area contributed by atoms with E-state index in [-0.39, 0.29) is 34.9 Å². The maximum Gasteiger partial charge on any atom is 4.00 e. The Morgan fingerprint density at radius 1 is 0.590 bits per heavy atom. The van der Waals surface area contributed by atoms with Crippen LogP contribution in [-0.4, -0.2) is 13.2 Å².